The molecule has 0 saturated heterocycles. The molecule has 0 unspecified atom stereocenters. The number of aromatic carboxylic acids is 1. The van der Waals surface area contributed by atoms with Gasteiger partial charge in [-0.1, -0.05) is 11.8 Å². The third-order valence-electron chi connectivity index (χ3n) is 1.80. The van der Waals surface area contributed by atoms with Crippen LogP contribution in [0.1, 0.15) is 21.1 Å². The first kappa shape index (κ1) is 11.6. The first-order valence-corrected chi connectivity index (χ1v) is 7.03. The Balaban J connectivity index is 2.04. The van der Waals surface area contributed by atoms with Gasteiger partial charge in [-0.25, -0.2) is 9.78 Å². The van der Waals surface area contributed by atoms with Gasteiger partial charge in [0, 0.05) is 5.75 Å². The number of rotatable bonds is 4. The van der Waals surface area contributed by atoms with Crippen molar-refractivity contribution in [3.8, 4) is 0 Å². The van der Waals surface area contributed by atoms with Crippen LogP contribution in [-0.4, -0.2) is 20.4 Å². The van der Waals surface area contributed by atoms with Gasteiger partial charge < -0.3 is 5.11 Å². The lowest BCUT2D eigenvalue weighted by molar-refractivity contribution is 0.0701. The molecule has 2 heterocycles. The van der Waals surface area contributed by atoms with E-state index in [9.17, 15) is 4.79 Å². The van der Waals surface area contributed by atoms with E-state index in [0.717, 1.165) is 15.7 Å². The highest BCUT2D eigenvalue weighted by molar-refractivity contribution is 8.00. The minimum absolute atomic E-state index is 0.411. The summed E-state index contributed by atoms with van der Waals surface area (Å²) in [5, 5.41) is 10.7. The number of carboxylic acid groups (broad SMARTS) is 1. The lowest BCUT2D eigenvalue weighted by Gasteiger charge is -1.96. The Kier molecular flexibility index (Phi) is 3.57. The molecule has 0 amide bonds. The van der Waals surface area contributed by atoms with Crippen molar-refractivity contribution in [2.75, 3.05) is 0 Å². The van der Waals surface area contributed by atoms with Crippen LogP contribution in [0.5, 0.6) is 0 Å². The fourth-order valence-electron chi connectivity index (χ4n) is 1.11. The first-order chi connectivity index (χ1) is 7.66. The van der Waals surface area contributed by atoms with Crippen molar-refractivity contribution in [3.63, 3.8) is 0 Å². The topological polar surface area (TPSA) is 63.1 Å². The molecule has 0 fully saturated rings. The highest BCUT2D eigenvalue weighted by Crippen LogP contribution is 2.27. The zero-order valence-electron chi connectivity index (χ0n) is 8.34. The minimum Gasteiger partial charge on any atom is -0.477 e. The second kappa shape index (κ2) is 4.94. The molecular formula is C9H8N2O2S3. The second-order valence-electron chi connectivity index (χ2n) is 2.98. The Bertz CT molecular complexity index is 506. The number of carboxylic acids is 1. The van der Waals surface area contributed by atoms with Gasteiger partial charge in [0.25, 0.3) is 0 Å². The number of thiophene rings is 1. The molecule has 0 aliphatic rings. The molecule has 0 saturated carbocycles. The van der Waals surface area contributed by atoms with Gasteiger partial charge in [0.15, 0.2) is 4.34 Å². The molecule has 0 radical (unpaired) electrons. The van der Waals surface area contributed by atoms with Crippen molar-refractivity contribution in [2.24, 2.45) is 0 Å². The number of aryl methyl sites for hydroxylation is 1. The average molecular weight is 272 g/mol. The van der Waals surface area contributed by atoms with E-state index < -0.39 is 5.97 Å². The summed E-state index contributed by atoms with van der Waals surface area (Å²) in [5.41, 5.74) is 0.843. The van der Waals surface area contributed by atoms with E-state index in [4.69, 9.17) is 5.11 Å². The summed E-state index contributed by atoms with van der Waals surface area (Å²) in [5.74, 6) is 0.523. The number of aromatic nitrogens is 2. The van der Waals surface area contributed by atoms with E-state index in [2.05, 4.69) is 9.36 Å². The van der Waals surface area contributed by atoms with Crippen molar-refractivity contribution >= 4 is 40.6 Å². The summed E-state index contributed by atoms with van der Waals surface area (Å²) in [7, 11) is 0. The summed E-state index contributed by atoms with van der Waals surface area (Å²) in [4.78, 5) is 15.5. The molecule has 0 aliphatic carbocycles. The van der Waals surface area contributed by atoms with Crippen LogP contribution in [0.2, 0.25) is 0 Å². The highest BCUT2D eigenvalue weighted by atomic mass is 32.2. The van der Waals surface area contributed by atoms with Crippen LogP contribution < -0.4 is 0 Å². The van der Waals surface area contributed by atoms with Gasteiger partial charge in [0.1, 0.15) is 10.7 Å². The van der Waals surface area contributed by atoms with E-state index in [0.29, 0.717) is 10.6 Å². The van der Waals surface area contributed by atoms with Gasteiger partial charge in [-0.15, -0.1) is 11.3 Å². The summed E-state index contributed by atoms with van der Waals surface area (Å²) in [6.45, 7) is 1.84. The second-order valence-corrected chi connectivity index (χ2v) is 5.87. The maximum atomic E-state index is 10.9. The van der Waals surface area contributed by atoms with E-state index in [-0.39, 0.29) is 0 Å². The van der Waals surface area contributed by atoms with Crippen molar-refractivity contribution < 1.29 is 9.90 Å². The lowest BCUT2D eigenvalue weighted by Crippen LogP contribution is -1.96. The number of thioether (sulfide) groups is 1. The first-order valence-electron chi connectivity index (χ1n) is 4.39. The normalized spacial score (nSPS) is 10.6. The van der Waals surface area contributed by atoms with Gasteiger partial charge in [-0.05, 0) is 35.5 Å². The van der Waals surface area contributed by atoms with Crippen molar-refractivity contribution in [1.29, 1.82) is 0 Å². The Morgan fingerprint density at radius 3 is 3.06 bits per heavy atom. The number of carbonyl (C=O) groups is 1. The fraction of sp³-hybridized carbons (Fsp3) is 0.222. The maximum Gasteiger partial charge on any atom is 0.346 e. The van der Waals surface area contributed by atoms with Crippen LogP contribution in [0.4, 0.5) is 0 Å². The monoisotopic (exact) mass is 272 g/mol. The zero-order valence-corrected chi connectivity index (χ0v) is 10.8. The van der Waals surface area contributed by atoms with Crippen LogP contribution in [0.15, 0.2) is 15.8 Å². The standard InChI is InChI=1S/C9H8N2O2S3/c1-5-10-9(16-11-5)15-4-6-2-3-14-7(6)8(12)13/h2-3H,4H2,1H3,(H,12,13). The molecule has 16 heavy (non-hydrogen) atoms. The van der Waals surface area contributed by atoms with Crippen molar-refractivity contribution in [1.82, 2.24) is 9.36 Å². The molecule has 84 valence electrons. The van der Waals surface area contributed by atoms with E-state index in [1.54, 1.807) is 5.38 Å². The van der Waals surface area contributed by atoms with E-state index in [1.165, 1.54) is 34.6 Å². The minimum atomic E-state index is -0.862. The largest absolute Gasteiger partial charge is 0.477 e. The van der Waals surface area contributed by atoms with Crippen LogP contribution in [0.3, 0.4) is 0 Å². The van der Waals surface area contributed by atoms with E-state index in [1.807, 2.05) is 13.0 Å². The molecule has 0 aromatic carbocycles. The third-order valence-corrected chi connectivity index (χ3v) is 4.72. The van der Waals surface area contributed by atoms with Crippen LogP contribution >= 0.6 is 34.6 Å². The van der Waals surface area contributed by atoms with Crippen LogP contribution in [0, 0.1) is 6.92 Å². The molecular weight excluding hydrogens is 264 g/mol. The Morgan fingerprint density at radius 1 is 1.62 bits per heavy atom. The third kappa shape index (κ3) is 2.60. The number of hydrogen-bond acceptors (Lipinski definition) is 6. The summed E-state index contributed by atoms with van der Waals surface area (Å²) < 4.78 is 4.95. The zero-order chi connectivity index (χ0) is 11.5. The molecule has 0 bridgehead atoms. The molecule has 2 aromatic heterocycles. The predicted molar refractivity (Wildman–Crippen MR) is 65.5 cm³/mol. The molecule has 1 N–H and O–H groups in total. The summed E-state index contributed by atoms with van der Waals surface area (Å²) in [6, 6.07) is 1.84. The van der Waals surface area contributed by atoms with Gasteiger partial charge in [-0.3, -0.25) is 0 Å². The quantitative estimate of drug-likeness (QED) is 0.867. The molecule has 0 aliphatic heterocycles. The smallest absolute Gasteiger partial charge is 0.346 e. The Hall–Kier alpha value is -0.920. The van der Waals surface area contributed by atoms with Gasteiger partial charge >= 0.3 is 5.97 Å². The van der Waals surface area contributed by atoms with Crippen molar-refractivity contribution in [2.45, 2.75) is 17.0 Å². The highest BCUT2D eigenvalue weighted by Gasteiger charge is 2.12. The number of hydrogen-bond donors (Lipinski definition) is 1. The summed E-state index contributed by atoms with van der Waals surface area (Å²) >= 11 is 4.11. The Labute approximate surface area is 105 Å². The fourth-order valence-corrected chi connectivity index (χ4v) is 3.60. The lowest BCUT2D eigenvalue weighted by atomic mass is 10.3. The maximum absolute atomic E-state index is 10.9. The Morgan fingerprint density at radius 2 is 2.44 bits per heavy atom. The molecule has 2 aromatic rings. The number of nitrogens with zero attached hydrogens (tertiary/aromatic N) is 2. The van der Waals surface area contributed by atoms with Gasteiger partial charge in [-0.2, -0.15) is 4.37 Å². The molecule has 4 nitrogen and oxygen atoms in total. The molecule has 7 heteroatoms. The molecule has 0 spiro atoms. The SMILES string of the molecule is Cc1nsc(SCc2ccsc2C(=O)O)n1. The molecule has 2 rings (SSSR count). The van der Waals surface area contributed by atoms with Gasteiger partial charge in [0.05, 0.1) is 0 Å². The average Bonchev–Trinajstić information content (AvgIpc) is 2.83. The molecule has 0 atom stereocenters. The van der Waals surface area contributed by atoms with E-state index >= 15 is 0 Å². The van der Waals surface area contributed by atoms with Crippen LogP contribution in [0.25, 0.3) is 0 Å². The van der Waals surface area contributed by atoms with Crippen molar-refractivity contribution in [3.05, 3.63) is 27.7 Å². The van der Waals surface area contributed by atoms with Crippen LogP contribution in [-0.2, 0) is 5.75 Å². The van der Waals surface area contributed by atoms with Gasteiger partial charge in [0.2, 0.25) is 0 Å². The predicted octanol–water partition coefficient (Wildman–Crippen LogP) is 2.90. The summed E-state index contributed by atoms with van der Waals surface area (Å²) in [6.07, 6.45) is 0.